The average molecular weight is 546 g/mol. The first kappa shape index (κ1) is 28.5. The third-order valence-electron chi connectivity index (χ3n) is 6.45. The molecular formula is C31H35N3O6. The zero-order chi connectivity index (χ0) is 29.0. The number of fused-ring (bicyclic) bond motifs is 1. The highest BCUT2D eigenvalue weighted by Crippen LogP contribution is 2.37. The second-order valence-electron chi connectivity index (χ2n) is 10.8. The fraction of sp³-hybridized carbons (Fsp3) is 0.323. The van der Waals surface area contributed by atoms with Crippen molar-refractivity contribution in [1.29, 1.82) is 0 Å². The van der Waals surface area contributed by atoms with Gasteiger partial charge in [0.25, 0.3) is 11.8 Å². The van der Waals surface area contributed by atoms with Gasteiger partial charge >= 0.3 is 6.09 Å². The van der Waals surface area contributed by atoms with Crippen LogP contribution in [-0.2, 0) is 4.74 Å². The summed E-state index contributed by atoms with van der Waals surface area (Å²) in [4.78, 5) is 39.2. The highest BCUT2D eigenvalue weighted by molar-refractivity contribution is 6.01. The molecule has 2 N–H and O–H groups in total. The van der Waals surface area contributed by atoms with Gasteiger partial charge in [-0.15, -0.1) is 0 Å². The second kappa shape index (κ2) is 11.7. The first-order valence-corrected chi connectivity index (χ1v) is 13.1. The van der Waals surface area contributed by atoms with Gasteiger partial charge in [0.2, 0.25) is 0 Å². The van der Waals surface area contributed by atoms with Gasteiger partial charge in [-0.3, -0.25) is 20.3 Å². The van der Waals surface area contributed by atoms with Crippen LogP contribution in [0.5, 0.6) is 11.5 Å². The third-order valence-corrected chi connectivity index (χ3v) is 6.45. The van der Waals surface area contributed by atoms with Crippen molar-refractivity contribution in [2.75, 3.05) is 18.5 Å². The highest BCUT2D eigenvalue weighted by Gasteiger charge is 2.32. The van der Waals surface area contributed by atoms with E-state index >= 15 is 0 Å². The van der Waals surface area contributed by atoms with Gasteiger partial charge in [0.1, 0.15) is 13.2 Å². The second-order valence-corrected chi connectivity index (χ2v) is 10.8. The molecule has 4 rings (SSSR count). The Hall–Kier alpha value is -4.53. The molecule has 1 aliphatic heterocycles. The Morgan fingerprint density at radius 1 is 0.975 bits per heavy atom. The summed E-state index contributed by atoms with van der Waals surface area (Å²) in [5.74, 6) is 0.110. The van der Waals surface area contributed by atoms with E-state index in [2.05, 4.69) is 10.7 Å². The fourth-order valence-electron chi connectivity index (χ4n) is 4.25. The van der Waals surface area contributed by atoms with Crippen LogP contribution in [-0.4, -0.2) is 47.8 Å². The van der Waals surface area contributed by atoms with Crippen molar-refractivity contribution in [2.45, 2.75) is 53.2 Å². The predicted octanol–water partition coefficient (Wildman–Crippen LogP) is 5.59. The zero-order valence-corrected chi connectivity index (χ0v) is 23.7. The first-order valence-electron chi connectivity index (χ1n) is 13.1. The third kappa shape index (κ3) is 6.54. The number of hydrazine groups is 1. The fourth-order valence-corrected chi connectivity index (χ4v) is 4.25. The summed E-state index contributed by atoms with van der Waals surface area (Å²) in [7, 11) is 0. The number of nitrogens with one attached hydrogen (secondary N) is 2. The molecule has 1 unspecified atom stereocenters. The quantitative estimate of drug-likeness (QED) is 0.405. The molecule has 0 saturated carbocycles. The van der Waals surface area contributed by atoms with E-state index in [4.69, 9.17) is 14.2 Å². The van der Waals surface area contributed by atoms with E-state index in [-0.39, 0.29) is 19.1 Å². The number of hydrogen-bond donors (Lipinski definition) is 2. The Kier molecular flexibility index (Phi) is 8.32. The zero-order valence-electron chi connectivity index (χ0n) is 23.7. The van der Waals surface area contributed by atoms with Crippen LogP contribution in [0.4, 0.5) is 10.5 Å². The van der Waals surface area contributed by atoms with Crippen molar-refractivity contribution in [3.63, 3.8) is 0 Å². The standard InChI is InChI=1S/C31H35N3O6/c1-19-12-13-20(2)25(16-19)29(36)34(31(4,5)6)33-28(35)24-14-15-26-27(21(24)3)40-23(17-38-26)18-39-30(37)32-22-10-8-7-9-11-22/h7-16,23H,17-18H2,1-6H3,(H,32,37)(H,33,35). The molecule has 0 bridgehead atoms. The van der Waals surface area contributed by atoms with Crippen LogP contribution in [0, 0.1) is 20.8 Å². The Bertz CT molecular complexity index is 1410. The summed E-state index contributed by atoms with van der Waals surface area (Å²) in [6.07, 6.45) is -1.18. The van der Waals surface area contributed by atoms with Crippen LogP contribution in [0.2, 0.25) is 0 Å². The van der Waals surface area contributed by atoms with Crippen LogP contribution in [0.1, 0.15) is 58.2 Å². The number of nitrogens with zero attached hydrogens (tertiary/aromatic N) is 1. The minimum Gasteiger partial charge on any atom is -0.486 e. The number of carbonyl (C=O) groups is 3. The number of aryl methyl sites for hydroxylation is 2. The summed E-state index contributed by atoms with van der Waals surface area (Å²) in [5, 5.41) is 4.01. The van der Waals surface area contributed by atoms with Crippen LogP contribution in [0.3, 0.4) is 0 Å². The SMILES string of the molecule is Cc1ccc(C)c(C(=O)N(NC(=O)c2ccc3c(c2C)OC(COC(=O)Nc2ccccc2)CO3)C(C)(C)C)c1. The van der Waals surface area contributed by atoms with Gasteiger partial charge in [0.15, 0.2) is 17.6 Å². The molecule has 1 heterocycles. The summed E-state index contributed by atoms with van der Waals surface area (Å²) in [6, 6.07) is 17.9. The van der Waals surface area contributed by atoms with Gasteiger partial charge in [0, 0.05) is 22.4 Å². The Morgan fingerprint density at radius 3 is 2.40 bits per heavy atom. The van der Waals surface area contributed by atoms with E-state index in [0.717, 1.165) is 11.1 Å². The van der Waals surface area contributed by atoms with Crippen molar-refractivity contribution in [2.24, 2.45) is 0 Å². The van der Waals surface area contributed by atoms with E-state index in [1.54, 1.807) is 43.3 Å². The molecule has 3 aromatic rings. The lowest BCUT2D eigenvalue weighted by atomic mass is 10.0. The minimum absolute atomic E-state index is 0.0455. The lowest BCUT2D eigenvalue weighted by Crippen LogP contribution is -2.56. The number of ether oxygens (including phenoxy) is 3. The number of rotatable bonds is 5. The molecule has 9 nitrogen and oxygen atoms in total. The minimum atomic E-state index is -0.701. The number of para-hydroxylation sites is 1. The molecule has 0 spiro atoms. The maximum atomic E-state index is 13.6. The van der Waals surface area contributed by atoms with Crippen LogP contribution in [0.25, 0.3) is 0 Å². The van der Waals surface area contributed by atoms with E-state index in [9.17, 15) is 14.4 Å². The molecule has 0 fully saturated rings. The summed E-state index contributed by atoms with van der Waals surface area (Å²) < 4.78 is 17.2. The molecule has 0 radical (unpaired) electrons. The molecular weight excluding hydrogens is 510 g/mol. The lowest BCUT2D eigenvalue weighted by Gasteiger charge is -2.36. The normalized spacial score (nSPS) is 14.2. The van der Waals surface area contributed by atoms with Crippen molar-refractivity contribution in [3.05, 3.63) is 88.5 Å². The van der Waals surface area contributed by atoms with Gasteiger partial charge in [-0.25, -0.2) is 9.80 Å². The number of benzene rings is 3. The molecule has 9 heteroatoms. The summed E-state index contributed by atoms with van der Waals surface area (Å²) in [5.41, 5.74) is 5.89. The van der Waals surface area contributed by atoms with Crippen molar-refractivity contribution in [3.8, 4) is 11.5 Å². The first-order chi connectivity index (χ1) is 18.9. The molecule has 210 valence electrons. The maximum Gasteiger partial charge on any atom is 0.411 e. The van der Waals surface area contributed by atoms with E-state index in [1.807, 2.05) is 58.9 Å². The molecule has 1 atom stereocenters. The molecule has 0 aromatic heterocycles. The monoisotopic (exact) mass is 545 g/mol. The van der Waals surface area contributed by atoms with Gasteiger partial charge in [0.05, 0.1) is 5.54 Å². The van der Waals surface area contributed by atoms with Gasteiger partial charge in [-0.2, -0.15) is 0 Å². The smallest absolute Gasteiger partial charge is 0.411 e. The molecule has 40 heavy (non-hydrogen) atoms. The topological polar surface area (TPSA) is 106 Å². The largest absolute Gasteiger partial charge is 0.486 e. The average Bonchev–Trinajstić information content (AvgIpc) is 2.91. The van der Waals surface area contributed by atoms with Crippen molar-refractivity contribution >= 4 is 23.6 Å². The highest BCUT2D eigenvalue weighted by atomic mass is 16.6. The number of anilines is 1. The number of carbonyl (C=O) groups excluding carboxylic acids is 3. The summed E-state index contributed by atoms with van der Waals surface area (Å²) >= 11 is 0. The number of hydrogen-bond acceptors (Lipinski definition) is 6. The van der Waals surface area contributed by atoms with Crippen LogP contribution < -0.4 is 20.2 Å². The molecule has 0 saturated heterocycles. The molecule has 1 aliphatic rings. The van der Waals surface area contributed by atoms with Crippen molar-refractivity contribution in [1.82, 2.24) is 10.4 Å². The van der Waals surface area contributed by atoms with E-state index < -0.39 is 23.6 Å². The van der Waals surface area contributed by atoms with Crippen LogP contribution >= 0.6 is 0 Å². The predicted molar refractivity (Wildman–Crippen MR) is 152 cm³/mol. The summed E-state index contributed by atoms with van der Waals surface area (Å²) in [6.45, 7) is 11.2. The van der Waals surface area contributed by atoms with Gasteiger partial charge in [-0.05, 0) is 77.4 Å². The van der Waals surface area contributed by atoms with E-state index in [1.165, 1.54) is 5.01 Å². The Balaban J connectivity index is 1.47. The lowest BCUT2D eigenvalue weighted by molar-refractivity contribution is 0.0344. The van der Waals surface area contributed by atoms with Gasteiger partial charge in [-0.1, -0.05) is 35.9 Å². The Labute approximate surface area is 234 Å². The number of amides is 3. The van der Waals surface area contributed by atoms with Crippen LogP contribution in [0.15, 0.2) is 60.7 Å². The van der Waals surface area contributed by atoms with Crippen molar-refractivity contribution < 1.29 is 28.6 Å². The molecule has 3 amide bonds. The van der Waals surface area contributed by atoms with Gasteiger partial charge < -0.3 is 14.2 Å². The molecule has 0 aliphatic carbocycles. The molecule has 3 aromatic carbocycles. The Morgan fingerprint density at radius 2 is 1.70 bits per heavy atom. The van der Waals surface area contributed by atoms with E-state index in [0.29, 0.717) is 33.9 Å². The maximum absolute atomic E-state index is 13.6.